The Morgan fingerprint density at radius 3 is 2.30 bits per heavy atom. The van der Waals surface area contributed by atoms with Crippen molar-refractivity contribution in [1.82, 2.24) is 4.57 Å². The summed E-state index contributed by atoms with van der Waals surface area (Å²) < 4.78 is 16.0. The van der Waals surface area contributed by atoms with Crippen LogP contribution in [-0.2, 0) is 6.54 Å². The van der Waals surface area contributed by atoms with E-state index in [1.165, 1.54) is 22.5 Å². The van der Waals surface area contributed by atoms with E-state index in [9.17, 15) is 4.39 Å². The monoisotopic (exact) mass is 361 g/mol. The summed E-state index contributed by atoms with van der Waals surface area (Å²) in [7, 11) is 0. The molecule has 0 saturated carbocycles. The minimum atomic E-state index is -0.201. The number of rotatable bonds is 8. The van der Waals surface area contributed by atoms with Crippen molar-refractivity contribution in [1.29, 1.82) is 0 Å². The first-order chi connectivity index (χ1) is 13.1. The van der Waals surface area contributed by atoms with E-state index in [2.05, 4.69) is 55.3 Å². The van der Waals surface area contributed by atoms with Crippen LogP contribution in [0.5, 0.6) is 0 Å². The lowest BCUT2D eigenvalue weighted by Crippen LogP contribution is -2.06. The zero-order valence-corrected chi connectivity index (χ0v) is 16.3. The second-order valence-electron chi connectivity index (χ2n) is 7.30. The predicted octanol–water partition coefficient (Wildman–Crippen LogP) is 7.44. The van der Waals surface area contributed by atoms with Crippen molar-refractivity contribution in [3.63, 3.8) is 0 Å². The first kappa shape index (κ1) is 19.2. The molecule has 0 atom stereocenters. The Hall–Kier alpha value is -2.61. The van der Waals surface area contributed by atoms with E-state index in [4.69, 9.17) is 0 Å². The quantitative estimate of drug-likeness (QED) is 0.290. The van der Waals surface area contributed by atoms with Crippen LogP contribution in [0, 0.1) is 5.82 Å². The van der Waals surface area contributed by atoms with Gasteiger partial charge in [0.1, 0.15) is 5.82 Å². The van der Waals surface area contributed by atoms with Crippen LogP contribution >= 0.6 is 0 Å². The van der Waals surface area contributed by atoms with Gasteiger partial charge in [-0.05, 0) is 66.6 Å². The van der Waals surface area contributed by atoms with Crippen molar-refractivity contribution in [2.45, 2.75) is 45.6 Å². The lowest BCUT2D eigenvalue weighted by molar-refractivity contribution is 0.586. The fraction of sp³-hybridized carbons (Fsp3) is 0.280. The summed E-state index contributed by atoms with van der Waals surface area (Å²) in [5.74, 6) is 0.217. The van der Waals surface area contributed by atoms with Gasteiger partial charge in [0, 0.05) is 17.8 Å². The standard InChI is InChI=1S/C25H28FN/c1-4-5-6-10-17-27-24(19(2)3)18-23(20-11-8-7-9-12-20)25(27)21-13-15-22(26)16-14-21/h4,7-9,11-16,18-19H,1,5-6,10,17H2,2-3H3. The summed E-state index contributed by atoms with van der Waals surface area (Å²) in [5, 5.41) is 0. The summed E-state index contributed by atoms with van der Waals surface area (Å²) in [6.07, 6.45) is 5.25. The first-order valence-corrected chi connectivity index (χ1v) is 9.77. The van der Waals surface area contributed by atoms with Crippen LogP contribution in [0.4, 0.5) is 4.39 Å². The number of halogens is 1. The molecule has 0 aliphatic heterocycles. The van der Waals surface area contributed by atoms with Crippen LogP contribution in [0.25, 0.3) is 22.4 Å². The molecule has 27 heavy (non-hydrogen) atoms. The summed E-state index contributed by atoms with van der Waals surface area (Å²) >= 11 is 0. The van der Waals surface area contributed by atoms with E-state index in [1.807, 2.05) is 24.3 Å². The molecule has 1 heterocycles. The summed E-state index contributed by atoms with van der Waals surface area (Å²) in [5.41, 5.74) is 5.99. The molecule has 2 aromatic carbocycles. The number of hydrogen-bond donors (Lipinski definition) is 0. The van der Waals surface area contributed by atoms with E-state index in [-0.39, 0.29) is 5.82 Å². The Morgan fingerprint density at radius 2 is 1.67 bits per heavy atom. The molecule has 0 fully saturated rings. The smallest absolute Gasteiger partial charge is 0.123 e. The van der Waals surface area contributed by atoms with Crippen LogP contribution < -0.4 is 0 Å². The third-order valence-corrected chi connectivity index (χ3v) is 4.96. The Labute approximate surface area is 162 Å². The maximum absolute atomic E-state index is 13.5. The average Bonchev–Trinajstić information content (AvgIpc) is 3.06. The highest BCUT2D eigenvalue weighted by atomic mass is 19.1. The molecule has 0 aliphatic rings. The highest BCUT2D eigenvalue weighted by molar-refractivity contribution is 5.82. The molecule has 0 saturated heterocycles. The molecule has 1 nitrogen and oxygen atoms in total. The fourth-order valence-electron chi connectivity index (χ4n) is 3.60. The van der Waals surface area contributed by atoms with Gasteiger partial charge >= 0.3 is 0 Å². The maximum atomic E-state index is 13.5. The average molecular weight is 362 g/mol. The zero-order valence-electron chi connectivity index (χ0n) is 16.3. The van der Waals surface area contributed by atoms with Crippen molar-refractivity contribution < 1.29 is 4.39 Å². The van der Waals surface area contributed by atoms with Gasteiger partial charge in [-0.25, -0.2) is 4.39 Å². The van der Waals surface area contributed by atoms with Crippen molar-refractivity contribution in [3.05, 3.63) is 84.8 Å². The van der Waals surface area contributed by atoms with E-state index < -0.39 is 0 Å². The Kier molecular flexibility index (Phi) is 6.28. The van der Waals surface area contributed by atoms with Gasteiger partial charge < -0.3 is 4.57 Å². The summed E-state index contributed by atoms with van der Waals surface area (Å²) in [6, 6.07) is 19.7. The van der Waals surface area contributed by atoms with Gasteiger partial charge in [0.15, 0.2) is 0 Å². The second kappa shape index (κ2) is 8.85. The van der Waals surface area contributed by atoms with Gasteiger partial charge in [0.05, 0.1) is 5.69 Å². The highest BCUT2D eigenvalue weighted by Crippen LogP contribution is 2.38. The molecule has 0 aliphatic carbocycles. The van der Waals surface area contributed by atoms with Gasteiger partial charge in [-0.15, -0.1) is 6.58 Å². The van der Waals surface area contributed by atoms with Crippen LogP contribution in [0.3, 0.4) is 0 Å². The molecule has 3 rings (SSSR count). The van der Waals surface area contributed by atoms with E-state index in [1.54, 1.807) is 12.1 Å². The van der Waals surface area contributed by atoms with E-state index in [0.29, 0.717) is 5.92 Å². The minimum absolute atomic E-state index is 0.201. The van der Waals surface area contributed by atoms with Crippen molar-refractivity contribution in [2.24, 2.45) is 0 Å². The number of aromatic nitrogens is 1. The minimum Gasteiger partial charge on any atom is -0.344 e. The number of allylic oxidation sites excluding steroid dienone is 1. The molecule has 1 aromatic heterocycles. The van der Waals surface area contributed by atoms with Gasteiger partial charge in [0.25, 0.3) is 0 Å². The Morgan fingerprint density at radius 1 is 0.963 bits per heavy atom. The first-order valence-electron chi connectivity index (χ1n) is 9.77. The molecule has 0 N–H and O–H groups in total. The largest absolute Gasteiger partial charge is 0.344 e. The van der Waals surface area contributed by atoms with Gasteiger partial charge in [-0.1, -0.05) is 50.3 Å². The normalized spacial score (nSPS) is 11.1. The molecule has 140 valence electrons. The fourth-order valence-corrected chi connectivity index (χ4v) is 3.60. The van der Waals surface area contributed by atoms with Crippen LogP contribution in [-0.4, -0.2) is 4.57 Å². The van der Waals surface area contributed by atoms with E-state index >= 15 is 0 Å². The molecule has 0 radical (unpaired) electrons. The topological polar surface area (TPSA) is 4.93 Å². The molecule has 3 aromatic rings. The number of nitrogens with zero attached hydrogens (tertiary/aromatic N) is 1. The van der Waals surface area contributed by atoms with Gasteiger partial charge in [-0.3, -0.25) is 0 Å². The Balaban J connectivity index is 2.14. The summed E-state index contributed by atoms with van der Waals surface area (Å²) in [4.78, 5) is 0. The van der Waals surface area contributed by atoms with E-state index in [0.717, 1.165) is 31.4 Å². The van der Waals surface area contributed by atoms with Crippen LogP contribution in [0.15, 0.2) is 73.3 Å². The lowest BCUT2D eigenvalue weighted by atomic mass is 10.0. The molecule has 2 heteroatoms. The van der Waals surface area contributed by atoms with Crippen LogP contribution in [0.1, 0.15) is 44.7 Å². The zero-order chi connectivity index (χ0) is 19.2. The molecule has 0 spiro atoms. The molecule has 0 bridgehead atoms. The van der Waals surface area contributed by atoms with Crippen LogP contribution in [0.2, 0.25) is 0 Å². The SMILES string of the molecule is C=CCCCCn1c(C(C)C)cc(-c2ccccc2)c1-c1ccc(F)cc1. The number of hydrogen-bond acceptors (Lipinski definition) is 0. The van der Waals surface area contributed by atoms with Crippen molar-refractivity contribution in [3.8, 4) is 22.4 Å². The predicted molar refractivity (Wildman–Crippen MR) is 113 cm³/mol. The highest BCUT2D eigenvalue weighted by Gasteiger charge is 2.19. The Bertz CT molecular complexity index is 873. The van der Waals surface area contributed by atoms with Crippen molar-refractivity contribution >= 4 is 0 Å². The third-order valence-electron chi connectivity index (χ3n) is 4.96. The van der Waals surface area contributed by atoms with Gasteiger partial charge in [0.2, 0.25) is 0 Å². The number of unbranched alkanes of at least 4 members (excludes halogenated alkanes) is 2. The molecule has 0 amide bonds. The van der Waals surface area contributed by atoms with Crippen molar-refractivity contribution in [2.75, 3.05) is 0 Å². The molecular weight excluding hydrogens is 333 g/mol. The lowest BCUT2D eigenvalue weighted by Gasteiger charge is -2.17. The third kappa shape index (κ3) is 4.39. The number of benzene rings is 2. The van der Waals surface area contributed by atoms with Gasteiger partial charge in [-0.2, -0.15) is 0 Å². The molecule has 0 unspecified atom stereocenters. The second-order valence-corrected chi connectivity index (χ2v) is 7.30. The maximum Gasteiger partial charge on any atom is 0.123 e. The molecular formula is C25H28FN. The summed E-state index contributed by atoms with van der Waals surface area (Å²) in [6.45, 7) is 9.25.